The molecule has 2 N–H and O–H groups in total. The molecule has 4 aromatic rings. The van der Waals surface area contributed by atoms with Gasteiger partial charge in [0.25, 0.3) is 5.69 Å². The van der Waals surface area contributed by atoms with Gasteiger partial charge in [0, 0.05) is 40.9 Å². The summed E-state index contributed by atoms with van der Waals surface area (Å²) in [6, 6.07) is 26.5. The maximum Gasteiger partial charge on any atom is 0.310 e. The Morgan fingerprint density at radius 1 is 0.803 bits per heavy atom. The van der Waals surface area contributed by atoms with E-state index in [2.05, 4.69) is 22.2 Å². The maximum absolute atomic E-state index is 14.7. The predicted octanol–water partition coefficient (Wildman–Crippen LogP) is 8.80. The molecule has 0 bridgehead atoms. The number of para-hydroxylation sites is 1. The highest BCUT2D eigenvalue weighted by Crippen LogP contribution is 2.44. The Labute approximate surface area is 363 Å². The molecular formula is C47H55ClN4O8S. The molecular weight excluding hydrogens is 816 g/mol. The van der Waals surface area contributed by atoms with Crippen LogP contribution in [0.5, 0.6) is 0 Å². The van der Waals surface area contributed by atoms with Crippen molar-refractivity contribution in [2.24, 2.45) is 5.92 Å². The Kier molecular flexibility index (Phi) is 15.4. The Morgan fingerprint density at radius 3 is 2.00 bits per heavy atom. The van der Waals surface area contributed by atoms with Crippen molar-refractivity contribution in [1.82, 2.24) is 14.9 Å². The molecule has 0 aromatic heterocycles. The number of esters is 1. The number of nitrogens with zero attached hydrogens (tertiary/aromatic N) is 2. The second-order valence-corrected chi connectivity index (χ2v) is 18.5. The van der Waals surface area contributed by atoms with Crippen molar-refractivity contribution < 1.29 is 32.5 Å². The number of likely N-dealkylation sites (tertiary alicyclic amines) is 1. The van der Waals surface area contributed by atoms with E-state index >= 15 is 0 Å². The van der Waals surface area contributed by atoms with Crippen LogP contribution >= 0.6 is 11.6 Å². The van der Waals surface area contributed by atoms with Crippen LogP contribution in [0.4, 0.5) is 5.69 Å². The zero-order valence-corrected chi connectivity index (χ0v) is 36.3. The van der Waals surface area contributed by atoms with Gasteiger partial charge in [0.2, 0.25) is 21.8 Å². The van der Waals surface area contributed by atoms with Crippen LogP contribution in [0.3, 0.4) is 0 Å². The average molecular weight is 871 g/mol. The highest BCUT2D eigenvalue weighted by atomic mass is 35.5. The zero-order chi connectivity index (χ0) is 43.6. The van der Waals surface area contributed by atoms with Crippen LogP contribution < -0.4 is 10.0 Å². The molecule has 6 rings (SSSR count). The number of ether oxygens (including phenoxy) is 1. The minimum Gasteiger partial charge on any atom is -0.444 e. The number of hydrogen-bond donors (Lipinski definition) is 2. The van der Waals surface area contributed by atoms with Crippen LogP contribution in [0.2, 0.25) is 5.02 Å². The van der Waals surface area contributed by atoms with Crippen molar-refractivity contribution >= 4 is 45.1 Å². The van der Waals surface area contributed by atoms with Crippen LogP contribution in [0.25, 0.3) is 0 Å². The molecule has 2 aliphatic rings. The van der Waals surface area contributed by atoms with Crippen LogP contribution in [0.15, 0.2) is 108 Å². The summed E-state index contributed by atoms with van der Waals surface area (Å²) in [6.45, 7) is 4.02. The van der Waals surface area contributed by atoms with Crippen LogP contribution in [-0.4, -0.2) is 61.2 Å². The van der Waals surface area contributed by atoms with E-state index in [1.54, 1.807) is 36.9 Å². The van der Waals surface area contributed by atoms with Crippen molar-refractivity contribution in [1.29, 1.82) is 0 Å². The average Bonchev–Trinajstić information content (AvgIpc) is 3.84. The molecule has 1 saturated carbocycles. The number of carbonyl (C=O) groups excluding carboxylic acids is 3. The Hall–Kier alpha value is -5.11. The number of rotatable bonds is 15. The number of benzene rings is 4. The van der Waals surface area contributed by atoms with E-state index < -0.39 is 73.3 Å². The predicted molar refractivity (Wildman–Crippen MR) is 234 cm³/mol. The number of nitrogens with one attached hydrogen (secondary N) is 2. The Bertz CT molecular complexity index is 2260. The molecule has 61 heavy (non-hydrogen) atoms. The van der Waals surface area contributed by atoms with E-state index in [1.807, 2.05) is 48.5 Å². The first kappa shape index (κ1) is 45.4. The lowest BCUT2D eigenvalue weighted by Gasteiger charge is -2.36. The third kappa shape index (κ3) is 10.9. The highest BCUT2D eigenvalue weighted by molar-refractivity contribution is 7.89. The Morgan fingerprint density at radius 2 is 1.38 bits per heavy atom. The smallest absolute Gasteiger partial charge is 0.310 e. The number of sulfonamides is 1. The van der Waals surface area contributed by atoms with Crippen molar-refractivity contribution in [3.05, 3.63) is 141 Å². The number of nitro benzene ring substituents is 1. The topological polar surface area (TPSA) is 165 Å². The van der Waals surface area contributed by atoms with Crippen LogP contribution in [-0.2, 0) is 34.7 Å². The third-order valence-corrected chi connectivity index (χ3v) is 13.6. The number of amides is 2. The molecule has 14 heteroatoms. The van der Waals surface area contributed by atoms with Crippen molar-refractivity contribution in [2.45, 2.75) is 113 Å². The second kappa shape index (κ2) is 20.6. The minimum absolute atomic E-state index is 0.350. The molecule has 3 atom stereocenters. The van der Waals surface area contributed by atoms with Crippen molar-refractivity contribution in [3.8, 4) is 0 Å². The van der Waals surface area contributed by atoms with Gasteiger partial charge < -0.3 is 15.0 Å². The monoisotopic (exact) mass is 870 g/mol. The number of nitro groups is 1. The fraction of sp³-hybridized carbons (Fsp3) is 0.426. The second-order valence-electron chi connectivity index (χ2n) is 16.4. The molecule has 1 saturated heterocycles. The number of halogens is 1. The molecule has 2 fully saturated rings. The summed E-state index contributed by atoms with van der Waals surface area (Å²) in [6.07, 6.45) is 10.4. The van der Waals surface area contributed by atoms with Crippen LogP contribution in [0, 0.1) is 16.0 Å². The summed E-state index contributed by atoms with van der Waals surface area (Å²) in [5.74, 6) is -2.49. The molecule has 1 heterocycles. The number of carbonyl (C=O) groups is 3. The van der Waals surface area contributed by atoms with E-state index in [1.165, 1.54) is 56.2 Å². The highest BCUT2D eigenvalue weighted by Gasteiger charge is 2.44. The van der Waals surface area contributed by atoms with Gasteiger partial charge in [0.1, 0.15) is 12.1 Å². The summed E-state index contributed by atoms with van der Waals surface area (Å²) in [4.78, 5) is 54.8. The molecule has 1 aliphatic heterocycles. The van der Waals surface area contributed by atoms with E-state index in [9.17, 15) is 32.9 Å². The van der Waals surface area contributed by atoms with Gasteiger partial charge in [-0.25, -0.2) is 8.42 Å². The molecule has 324 valence electrons. The Balaban J connectivity index is 1.35. The standard InChI is InChI=1S/C47H55ClN4O8S/c1-33(2)44(50-61(58,59)42-25-15-14-24-41(42)52(56)57)45(54)49-40(46(55)51-30-16-17-31-51)32-43(53)60-47(36-20-10-7-11-21-36,38-22-12-13-23-39(38)48)37-28-26-35(27-29-37)34-18-8-5-3-4-6-9-19-34/h7,10-15,20-29,33-34,40,44,50H,3-6,8-9,16-19,30-32H2,1-2H3,(H,49,54)/t40-,44-,47?/m0/s1. The van der Waals surface area contributed by atoms with Gasteiger partial charge in [0.05, 0.1) is 11.3 Å². The van der Waals surface area contributed by atoms with E-state index in [0.29, 0.717) is 40.7 Å². The first-order chi connectivity index (χ1) is 29.3. The van der Waals surface area contributed by atoms with Gasteiger partial charge in [-0.1, -0.05) is 149 Å². The van der Waals surface area contributed by atoms with Gasteiger partial charge in [0.15, 0.2) is 10.5 Å². The van der Waals surface area contributed by atoms with Gasteiger partial charge in [-0.15, -0.1) is 0 Å². The van der Waals surface area contributed by atoms with E-state index in [0.717, 1.165) is 37.8 Å². The van der Waals surface area contributed by atoms with Gasteiger partial charge in [-0.2, -0.15) is 4.72 Å². The molecule has 1 aliphatic carbocycles. The third-order valence-electron chi connectivity index (χ3n) is 11.8. The molecule has 0 radical (unpaired) electrons. The summed E-state index contributed by atoms with van der Waals surface area (Å²) < 4.78 is 36.2. The zero-order valence-electron chi connectivity index (χ0n) is 34.8. The molecule has 4 aromatic carbocycles. The lowest BCUT2D eigenvalue weighted by atomic mass is 9.78. The first-order valence-electron chi connectivity index (χ1n) is 21.3. The SMILES string of the molecule is CC(C)[C@H](NS(=O)(=O)c1ccccc1[N+](=O)[O-])C(=O)N[C@@H](CC(=O)OC(c1ccccc1)(c1ccc(C2CCCCCCCC2)cc1)c1ccccc1Cl)C(=O)N1CCCC1. The lowest BCUT2D eigenvalue weighted by molar-refractivity contribution is -0.387. The van der Waals surface area contributed by atoms with Crippen molar-refractivity contribution in [2.75, 3.05) is 13.1 Å². The maximum atomic E-state index is 14.7. The van der Waals surface area contributed by atoms with Gasteiger partial charge in [-0.05, 0) is 55.2 Å². The largest absolute Gasteiger partial charge is 0.444 e. The molecule has 2 amide bonds. The summed E-state index contributed by atoms with van der Waals surface area (Å²) >= 11 is 6.99. The summed E-state index contributed by atoms with van der Waals surface area (Å²) in [7, 11) is -4.61. The fourth-order valence-electron chi connectivity index (χ4n) is 8.58. The molecule has 0 spiro atoms. The normalized spacial score (nSPS) is 17.3. The van der Waals surface area contributed by atoms with E-state index in [4.69, 9.17) is 16.3 Å². The van der Waals surface area contributed by atoms with Crippen LogP contribution in [0.1, 0.15) is 113 Å². The van der Waals surface area contributed by atoms with Gasteiger partial charge in [-0.3, -0.25) is 24.5 Å². The molecule has 12 nitrogen and oxygen atoms in total. The summed E-state index contributed by atoms with van der Waals surface area (Å²) in [5, 5.41) is 14.7. The minimum atomic E-state index is -4.61. The quantitative estimate of drug-likeness (QED) is 0.0518. The van der Waals surface area contributed by atoms with Crippen molar-refractivity contribution in [3.63, 3.8) is 0 Å². The van der Waals surface area contributed by atoms with Gasteiger partial charge >= 0.3 is 5.97 Å². The number of hydrogen-bond acceptors (Lipinski definition) is 8. The molecule has 1 unspecified atom stereocenters. The van der Waals surface area contributed by atoms with E-state index in [-0.39, 0.29) is 0 Å². The fourth-order valence-corrected chi connectivity index (χ4v) is 10.4. The first-order valence-corrected chi connectivity index (χ1v) is 23.2. The summed E-state index contributed by atoms with van der Waals surface area (Å²) in [5.41, 5.74) is 0.730. The lowest BCUT2D eigenvalue weighted by Crippen LogP contribution is -2.56.